The number of hydrogen-bond donors (Lipinski definition) is 1. The highest BCUT2D eigenvalue weighted by molar-refractivity contribution is 5.91. The maximum atomic E-state index is 11.2. The van der Waals surface area contributed by atoms with Crippen molar-refractivity contribution in [2.24, 2.45) is 5.41 Å². The van der Waals surface area contributed by atoms with E-state index in [-0.39, 0.29) is 11.5 Å². The summed E-state index contributed by atoms with van der Waals surface area (Å²) >= 11 is 0. The summed E-state index contributed by atoms with van der Waals surface area (Å²) in [5.74, 6) is 0.336. The van der Waals surface area contributed by atoms with E-state index in [2.05, 4.69) is 5.32 Å². The van der Waals surface area contributed by atoms with Crippen LogP contribution in [0.15, 0.2) is 0 Å². The molecule has 1 aliphatic rings. The molecular weight excluding hydrogens is 114 g/mol. The predicted molar refractivity (Wildman–Crippen MR) is 36.3 cm³/mol. The molecule has 0 aromatic heterocycles. The van der Waals surface area contributed by atoms with Gasteiger partial charge in [0.15, 0.2) is 5.78 Å². The molecular formula is C7H13NO. The molecule has 0 spiro atoms. The van der Waals surface area contributed by atoms with Gasteiger partial charge in [0.1, 0.15) is 0 Å². The first-order valence-corrected chi connectivity index (χ1v) is 3.29. The van der Waals surface area contributed by atoms with Crippen molar-refractivity contribution in [1.29, 1.82) is 0 Å². The van der Waals surface area contributed by atoms with Crippen LogP contribution in [-0.2, 0) is 4.79 Å². The largest absolute Gasteiger partial charge is 0.304 e. The fourth-order valence-corrected chi connectivity index (χ4v) is 0.767. The van der Waals surface area contributed by atoms with Crippen molar-refractivity contribution >= 4 is 5.78 Å². The topological polar surface area (TPSA) is 39.0 Å². The van der Waals surface area contributed by atoms with Gasteiger partial charge in [0.05, 0.1) is 6.04 Å². The monoisotopic (exact) mass is 127 g/mol. The summed E-state index contributed by atoms with van der Waals surface area (Å²) in [7, 11) is 0. The normalized spacial score (nSPS) is 25.9. The molecule has 1 atom stereocenters. The highest BCUT2D eigenvalue weighted by Crippen LogP contribution is 2.19. The van der Waals surface area contributed by atoms with Gasteiger partial charge in [-0.2, -0.15) is 0 Å². The fourth-order valence-electron chi connectivity index (χ4n) is 0.767. The zero-order valence-electron chi connectivity index (χ0n) is 6.19. The Kier molecular flexibility index (Phi) is 1.35. The van der Waals surface area contributed by atoms with Gasteiger partial charge in [-0.3, -0.25) is 4.79 Å². The number of nitrogens with one attached hydrogen (secondary N) is 1. The van der Waals surface area contributed by atoms with Crippen molar-refractivity contribution in [2.75, 3.05) is 6.54 Å². The molecule has 1 N–H and O–H groups in total. The van der Waals surface area contributed by atoms with E-state index in [0.29, 0.717) is 5.78 Å². The Hall–Kier alpha value is -0.370. The molecule has 1 heterocycles. The Balaban J connectivity index is 2.50. The molecule has 0 bridgehead atoms. The van der Waals surface area contributed by atoms with E-state index in [4.69, 9.17) is 0 Å². The number of Topliss-reactive ketones (excluding diaryl/α,β-unsaturated/α-hetero) is 1. The number of rotatable bonds is 1. The molecule has 0 amide bonds. The Bertz CT molecular complexity index is 130. The van der Waals surface area contributed by atoms with Crippen LogP contribution >= 0.6 is 0 Å². The van der Waals surface area contributed by atoms with E-state index in [1.165, 1.54) is 0 Å². The molecule has 1 fully saturated rings. The number of carbonyl (C=O) groups excluding carboxylic acids is 1. The molecule has 0 radical (unpaired) electrons. The molecule has 1 saturated heterocycles. The smallest absolute Gasteiger partial charge is 0.156 e. The lowest BCUT2D eigenvalue weighted by Crippen LogP contribution is -2.26. The number of carbonyl (C=O) groups is 1. The van der Waals surface area contributed by atoms with E-state index in [1.54, 1.807) is 0 Å². The van der Waals surface area contributed by atoms with Crippen LogP contribution < -0.4 is 5.32 Å². The van der Waals surface area contributed by atoms with Crippen molar-refractivity contribution in [3.05, 3.63) is 0 Å². The predicted octanol–water partition coefficient (Wildman–Crippen LogP) is 0.573. The quantitative estimate of drug-likeness (QED) is 0.523. The van der Waals surface area contributed by atoms with Crippen LogP contribution in [0.25, 0.3) is 0 Å². The lowest BCUT2D eigenvalue weighted by atomic mass is 9.89. The lowest BCUT2D eigenvalue weighted by Gasteiger charge is -2.14. The van der Waals surface area contributed by atoms with E-state index in [1.807, 2.05) is 20.8 Å². The van der Waals surface area contributed by atoms with Crippen LogP contribution in [0, 0.1) is 5.41 Å². The van der Waals surface area contributed by atoms with Crippen LogP contribution in [0.2, 0.25) is 0 Å². The minimum atomic E-state index is -0.159. The maximum Gasteiger partial charge on any atom is 0.156 e. The van der Waals surface area contributed by atoms with Crippen LogP contribution in [0.3, 0.4) is 0 Å². The summed E-state index contributed by atoms with van der Waals surface area (Å²) < 4.78 is 0. The minimum Gasteiger partial charge on any atom is -0.304 e. The van der Waals surface area contributed by atoms with Gasteiger partial charge in [0.25, 0.3) is 0 Å². The fraction of sp³-hybridized carbons (Fsp3) is 0.857. The van der Waals surface area contributed by atoms with Crippen LogP contribution in [-0.4, -0.2) is 18.4 Å². The van der Waals surface area contributed by atoms with Gasteiger partial charge in [-0.15, -0.1) is 0 Å². The maximum absolute atomic E-state index is 11.2. The molecule has 2 nitrogen and oxygen atoms in total. The van der Waals surface area contributed by atoms with Gasteiger partial charge in [0.2, 0.25) is 0 Å². The van der Waals surface area contributed by atoms with Crippen molar-refractivity contribution < 1.29 is 4.79 Å². The van der Waals surface area contributed by atoms with Crippen molar-refractivity contribution in [3.8, 4) is 0 Å². The second-order valence-corrected chi connectivity index (χ2v) is 3.58. The Morgan fingerprint density at radius 1 is 1.56 bits per heavy atom. The third-order valence-corrected chi connectivity index (χ3v) is 1.46. The third-order valence-electron chi connectivity index (χ3n) is 1.46. The van der Waals surface area contributed by atoms with Crippen LogP contribution in [0.5, 0.6) is 0 Å². The highest BCUT2D eigenvalue weighted by atomic mass is 16.1. The molecule has 1 aliphatic heterocycles. The van der Waals surface area contributed by atoms with Gasteiger partial charge in [-0.25, -0.2) is 0 Å². The number of hydrogen-bond acceptors (Lipinski definition) is 2. The summed E-state index contributed by atoms with van der Waals surface area (Å²) in [6.07, 6.45) is 0. The average molecular weight is 127 g/mol. The molecule has 0 aliphatic carbocycles. The van der Waals surface area contributed by atoms with E-state index < -0.39 is 0 Å². The van der Waals surface area contributed by atoms with E-state index in [9.17, 15) is 4.79 Å². The third kappa shape index (κ3) is 1.52. The molecule has 0 aromatic rings. The summed E-state index contributed by atoms with van der Waals surface area (Å²) in [4.78, 5) is 11.2. The zero-order chi connectivity index (χ0) is 7.07. The summed E-state index contributed by atoms with van der Waals surface area (Å²) in [6, 6.07) is 0.171. The first kappa shape index (κ1) is 6.75. The molecule has 1 rings (SSSR count). The summed E-state index contributed by atoms with van der Waals surface area (Å²) in [5, 5.41) is 2.99. The van der Waals surface area contributed by atoms with Gasteiger partial charge in [-0.1, -0.05) is 20.8 Å². The first-order valence-electron chi connectivity index (χ1n) is 3.29. The van der Waals surface area contributed by atoms with Crippen molar-refractivity contribution in [2.45, 2.75) is 26.8 Å². The second-order valence-electron chi connectivity index (χ2n) is 3.58. The van der Waals surface area contributed by atoms with E-state index >= 15 is 0 Å². The standard InChI is InChI=1S/C7H13NO/c1-7(2,3)6(9)5-4-8-5/h5,8H,4H2,1-3H3. The molecule has 52 valence electrons. The molecule has 1 unspecified atom stereocenters. The van der Waals surface area contributed by atoms with Crippen molar-refractivity contribution in [3.63, 3.8) is 0 Å². The van der Waals surface area contributed by atoms with Gasteiger partial charge in [-0.05, 0) is 0 Å². The lowest BCUT2D eigenvalue weighted by molar-refractivity contribution is -0.125. The average Bonchev–Trinajstić information content (AvgIpc) is 2.40. The van der Waals surface area contributed by atoms with Gasteiger partial charge >= 0.3 is 0 Å². The summed E-state index contributed by atoms with van der Waals surface area (Å²) in [5.41, 5.74) is -0.159. The first-order chi connectivity index (χ1) is 4.02. The van der Waals surface area contributed by atoms with Gasteiger partial charge < -0.3 is 5.32 Å². The minimum absolute atomic E-state index is 0.159. The molecule has 9 heavy (non-hydrogen) atoms. The SMILES string of the molecule is CC(C)(C)C(=O)C1CN1. The van der Waals surface area contributed by atoms with Gasteiger partial charge in [0, 0.05) is 12.0 Å². The zero-order valence-corrected chi connectivity index (χ0v) is 6.19. The Morgan fingerprint density at radius 3 is 2.11 bits per heavy atom. The Labute approximate surface area is 55.6 Å². The molecule has 0 aromatic carbocycles. The Morgan fingerprint density at radius 2 is 2.00 bits per heavy atom. The van der Waals surface area contributed by atoms with Crippen molar-refractivity contribution in [1.82, 2.24) is 5.32 Å². The summed E-state index contributed by atoms with van der Waals surface area (Å²) in [6.45, 7) is 6.75. The second kappa shape index (κ2) is 1.81. The van der Waals surface area contributed by atoms with E-state index in [0.717, 1.165) is 6.54 Å². The van der Waals surface area contributed by atoms with Crippen LogP contribution in [0.1, 0.15) is 20.8 Å². The molecule has 2 heteroatoms. The molecule has 0 saturated carbocycles. The highest BCUT2D eigenvalue weighted by Gasteiger charge is 2.35. The number of ketones is 1. The van der Waals surface area contributed by atoms with Crippen LogP contribution in [0.4, 0.5) is 0 Å².